The maximum absolute atomic E-state index is 12.3. The molecule has 1 aromatic heterocycles. The third-order valence-electron chi connectivity index (χ3n) is 3.44. The Labute approximate surface area is 133 Å². The van der Waals surface area contributed by atoms with Gasteiger partial charge in [0.05, 0.1) is 6.54 Å². The Balaban J connectivity index is 1.77. The first-order chi connectivity index (χ1) is 11.1. The van der Waals surface area contributed by atoms with Crippen LogP contribution in [0.5, 0.6) is 0 Å². The molecule has 23 heavy (non-hydrogen) atoms. The van der Waals surface area contributed by atoms with Crippen molar-refractivity contribution in [3.8, 4) is 0 Å². The minimum atomic E-state index is -0.368. The van der Waals surface area contributed by atoms with E-state index in [0.717, 1.165) is 11.1 Å². The van der Waals surface area contributed by atoms with E-state index in [1.807, 2.05) is 61.5 Å². The molecule has 0 saturated heterocycles. The molecule has 3 N–H and O–H groups in total. The number of nitrogens with one attached hydrogen (secondary N) is 1. The lowest BCUT2D eigenvalue weighted by molar-refractivity contribution is 0.102. The molecule has 0 saturated carbocycles. The monoisotopic (exact) mass is 307 g/mol. The first-order valence-corrected chi connectivity index (χ1v) is 7.24. The second-order valence-electron chi connectivity index (χ2n) is 5.29. The summed E-state index contributed by atoms with van der Waals surface area (Å²) in [5, 5.41) is 10.7. The smallest absolute Gasteiger partial charge is 0.280 e. The first-order valence-electron chi connectivity index (χ1n) is 7.24. The minimum Gasteiger partial charge on any atom is -0.382 e. The zero-order valence-corrected chi connectivity index (χ0v) is 12.7. The molecule has 1 heterocycles. The largest absolute Gasteiger partial charge is 0.382 e. The molecular formula is C17H17N5O. The molecule has 6 nitrogen and oxygen atoms in total. The molecule has 0 aliphatic carbocycles. The van der Waals surface area contributed by atoms with Gasteiger partial charge < -0.3 is 11.1 Å². The lowest BCUT2D eigenvalue weighted by Crippen LogP contribution is -2.15. The van der Waals surface area contributed by atoms with Crippen molar-refractivity contribution >= 4 is 17.4 Å². The molecule has 6 heteroatoms. The Kier molecular flexibility index (Phi) is 4.05. The van der Waals surface area contributed by atoms with E-state index in [-0.39, 0.29) is 17.4 Å². The average molecular weight is 307 g/mol. The van der Waals surface area contributed by atoms with Gasteiger partial charge in [0.25, 0.3) is 5.91 Å². The molecule has 0 radical (unpaired) electrons. The fourth-order valence-corrected chi connectivity index (χ4v) is 2.27. The van der Waals surface area contributed by atoms with Gasteiger partial charge in [-0.1, -0.05) is 47.7 Å². The van der Waals surface area contributed by atoms with Crippen LogP contribution in [0.1, 0.15) is 21.6 Å². The van der Waals surface area contributed by atoms with E-state index in [2.05, 4.69) is 15.6 Å². The van der Waals surface area contributed by atoms with Gasteiger partial charge in [0.15, 0.2) is 11.5 Å². The highest BCUT2D eigenvalue weighted by molar-refractivity contribution is 6.05. The Bertz CT molecular complexity index is 826. The predicted octanol–water partition coefficient (Wildman–Crippen LogP) is 2.47. The van der Waals surface area contributed by atoms with E-state index < -0.39 is 0 Å². The van der Waals surface area contributed by atoms with Gasteiger partial charge in [-0.3, -0.25) is 4.79 Å². The summed E-state index contributed by atoms with van der Waals surface area (Å²) in [5.74, 6) is -0.119. The number of rotatable bonds is 4. The number of amides is 1. The number of aromatic nitrogens is 3. The van der Waals surface area contributed by atoms with Gasteiger partial charge in [-0.15, -0.1) is 5.10 Å². The number of carbonyl (C=O) groups excluding carboxylic acids is 1. The van der Waals surface area contributed by atoms with Crippen molar-refractivity contribution in [2.75, 3.05) is 11.1 Å². The van der Waals surface area contributed by atoms with Crippen molar-refractivity contribution in [3.63, 3.8) is 0 Å². The van der Waals surface area contributed by atoms with Crippen molar-refractivity contribution in [3.05, 3.63) is 71.4 Å². The molecule has 3 aromatic rings. The van der Waals surface area contributed by atoms with Gasteiger partial charge in [0, 0.05) is 5.69 Å². The second-order valence-corrected chi connectivity index (χ2v) is 5.29. The first kappa shape index (κ1) is 14.8. The number of anilines is 2. The molecule has 0 atom stereocenters. The standard InChI is InChI=1S/C17H17N5O/c1-12-6-5-9-14(10-12)19-17(23)15-16(18)22(21-20-15)11-13-7-3-2-4-8-13/h2-10H,11,18H2,1H3,(H,19,23). The van der Waals surface area contributed by atoms with Crippen LogP contribution >= 0.6 is 0 Å². The van der Waals surface area contributed by atoms with Gasteiger partial charge in [-0.25, -0.2) is 4.68 Å². The molecule has 0 fully saturated rings. The number of nitrogens with zero attached hydrogens (tertiary/aromatic N) is 3. The van der Waals surface area contributed by atoms with Crippen molar-refractivity contribution in [1.82, 2.24) is 15.0 Å². The van der Waals surface area contributed by atoms with Gasteiger partial charge in [-0.2, -0.15) is 0 Å². The highest BCUT2D eigenvalue weighted by Gasteiger charge is 2.17. The Morgan fingerprint density at radius 2 is 1.96 bits per heavy atom. The van der Waals surface area contributed by atoms with Crippen LogP contribution in [0.4, 0.5) is 11.5 Å². The van der Waals surface area contributed by atoms with Gasteiger partial charge in [0.2, 0.25) is 0 Å². The van der Waals surface area contributed by atoms with E-state index in [1.54, 1.807) is 0 Å². The quantitative estimate of drug-likeness (QED) is 0.775. The van der Waals surface area contributed by atoms with Gasteiger partial charge in [0.1, 0.15) is 0 Å². The molecule has 0 unspecified atom stereocenters. The van der Waals surface area contributed by atoms with Crippen LogP contribution in [0.25, 0.3) is 0 Å². The number of hydrogen-bond donors (Lipinski definition) is 2. The summed E-state index contributed by atoms with van der Waals surface area (Å²) in [4.78, 5) is 12.3. The van der Waals surface area contributed by atoms with Crippen LogP contribution in [-0.2, 0) is 6.54 Å². The normalized spacial score (nSPS) is 10.5. The minimum absolute atomic E-state index is 0.127. The molecule has 0 spiro atoms. The van der Waals surface area contributed by atoms with Gasteiger partial charge in [-0.05, 0) is 30.2 Å². The fraction of sp³-hybridized carbons (Fsp3) is 0.118. The van der Waals surface area contributed by atoms with E-state index in [9.17, 15) is 4.79 Å². The van der Waals surface area contributed by atoms with Crippen LogP contribution in [0, 0.1) is 6.92 Å². The van der Waals surface area contributed by atoms with E-state index in [0.29, 0.717) is 12.2 Å². The van der Waals surface area contributed by atoms with E-state index in [1.165, 1.54) is 4.68 Å². The third kappa shape index (κ3) is 3.37. The highest BCUT2D eigenvalue weighted by Crippen LogP contribution is 2.15. The van der Waals surface area contributed by atoms with Crippen molar-refractivity contribution in [2.24, 2.45) is 0 Å². The summed E-state index contributed by atoms with van der Waals surface area (Å²) < 4.78 is 1.51. The van der Waals surface area contributed by atoms with Crippen LogP contribution in [0.15, 0.2) is 54.6 Å². The summed E-state index contributed by atoms with van der Waals surface area (Å²) in [7, 11) is 0. The number of hydrogen-bond acceptors (Lipinski definition) is 4. The molecule has 3 rings (SSSR count). The molecule has 0 aliphatic heterocycles. The summed E-state index contributed by atoms with van der Waals surface area (Å²) in [6, 6.07) is 17.3. The van der Waals surface area contributed by atoms with E-state index >= 15 is 0 Å². The van der Waals surface area contributed by atoms with Crippen LogP contribution in [0.3, 0.4) is 0 Å². The topological polar surface area (TPSA) is 85.8 Å². The lowest BCUT2D eigenvalue weighted by atomic mass is 10.2. The molecule has 2 aromatic carbocycles. The number of carbonyl (C=O) groups is 1. The molecular weight excluding hydrogens is 290 g/mol. The zero-order valence-electron chi connectivity index (χ0n) is 12.7. The Hall–Kier alpha value is -3.15. The van der Waals surface area contributed by atoms with Crippen LogP contribution in [-0.4, -0.2) is 20.9 Å². The second kappa shape index (κ2) is 6.31. The highest BCUT2D eigenvalue weighted by atomic mass is 16.2. The lowest BCUT2D eigenvalue weighted by Gasteiger charge is -2.05. The summed E-state index contributed by atoms with van der Waals surface area (Å²) in [5.41, 5.74) is 8.94. The number of benzene rings is 2. The van der Waals surface area contributed by atoms with Crippen molar-refractivity contribution in [2.45, 2.75) is 13.5 Å². The SMILES string of the molecule is Cc1cccc(NC(=O)c2nnn(Cc3ccccc3)c2N)c1. The average Bonchev–Trinajstić information content (AvgIpc) is 2.89. The van der Waals surface area contributed by atoms with Crippen molar-refractivity contribution < 1.29 is 4.79 Å². The Morgan fingerprint density at radius 1 is 1.17 bits per heavy atom. The third-order valence-corrected chi connectivity index (χ3v) is 3.44. The molecule has 0 bridgehead atoms. The van der Waals surface area contributed by atoms with E-state index in [4.69, 9.17) is 5.73 Å². The summed E-state index contributed by atoms with van der Waals surface area (Å²) >= 11 is 0. The van der Waals surface area contributed by atoms with Gasteiger partial charge >= 0.3 is 0 Å². The number of nitrogen functional groups attached to an aromatic ring is 1. The molecule has 1 amide bonds. The fourth-order valence-electron chi connectivity index (χ4n) is 2.27. The van der Waals surface area contributed by atoms with Crippen molar-refractivity contribution in [1.29, 1.82) is 0 Å². The molecule has 0 aliphatic rings. The summed E-state index contributed by atoms with van der Waals surface area (Å²) in [6.45, 7) is 2.43. The maximum atomic E-state index is 12.3. The number of nitrogens with two attached hydrogens (primary N) is 1. The maximum Gasteiger partial charge on any atom is 0.280 e. The predicted molar refractivity (Wildman–Crippen MR) is 89.1 cm³/mol. The number of aryl methyl sites for hydroxylation is 1. The Morgan fingerprint density at radius 3 is 2.70 bits per heavy atom. The zero-order chi connectivity index (χ0) is 16.2. The summed E-state index contributed by atoms with van der Waals surface area (Å²) in [6.07, 6.45) is 0. The van der Waals surface area contributed by atoms with Crippen LogP contribution in [0.2, 0.25) is 0 Å². The molecule has 116 valence electrons. The van der Waals surface area contributed by atoms with Crippen LogP contribution < -0.4 is 11.1 Å².